The average molecular weight is 271 g/mol. The van der Waals surface area contributed by atoms with Crippen molar-refractivity contribution in [2.45, 2.75) is 20.0 Å². The lowest BCUT2D eigenvalue weighted by Gasteiger charge is -2.19. The molecule has 0 radical (unpaired) electrons. The van der Waals surface area contributed by atoms with E-state index in [4.69, 9.17) is 10.5 Å². The van der Waals surface area contributed by atoms with Crippen LogP contribution in [0.1, 0.15) is 18.1 Å². The first-order valence-corrected chi connectivity index (χ1v) is 6.77. The zero-order chi connectivity index (χ0) is 14.4. The highest BCUT2D eigenvalue weighted by molar-refractivity contribution is 5.47. The van der Waals surface area contributed by atoms with Gasteiger partial charge in [-0.2, -0.15) is 0 Å². The summed E-state index contributed by atoms with van der Waals surface area (Å²) >= 11 is 0. The fourth-order valence-electron chi connectivity index (χ4n) is 2.17. The predicted molar refractivity (Wildman–Crippen MR) is 81.4 cm³/mol. The molecule has 106 valence electrons. The molecule has 0 unspecified atom stereocenters. The number of hydrogen-bond donors (Lipinski definition) is 1. The number of pyridine rings is 1. The van der Waals surface area contributed by atoms with Crippen LogP contribution in [0, 0.1) is 0 Å². The van der Waals surface area contributed by atoms with E-state index in [0.29, 0.717) is 6.61 Å². The molecule has 1 heterocycles. The fraction of sp³-hybridized carbons (Fsp3) is 0.312. The fourth-order valence-corrected chi connectivity index (χ4v) is 2.17. The number of nitrogen functional groups attached to an aromatic ring is 1. The van der Waals surface area contributed by atoms with Crippen LogP contribution in [0.3, 0.4) is 0 Å². The molecule has 4 heteroatoms. The number of nitrogens with zero attached hydrogens (tertiary/aromatic N) is 2. The van der Waals surface area contributed by atoms with Crippen LogP contribution in [-0.4, -0.2) is 23.5 Å². The van der Waals surface area contributed by atoms with Crippen LogP contribution in [0.5, 0.6) is 5.75 Å². The van der Waals surface area contributed by atoms with Gasteiger partial charge in [-0.15, -0.1) is 0 Å². The normalized spacial score (nSPS) is 10.8. The SMILES string of the molecule is CCOc1ccc(N)cc1CN(C)Cc1cccnc1. The van der Waals surface area contributed by atoms with Gasteiger partial charge in [-0.1, -0.05) is 6.07 Å². The van der Waals surface area contributed by atoms with Crippen LogP contribution in [-0.2, 0) is 13.1 Å². The molecule has 0 amide bonds. The molecule has 0 bridgehead atoms. The molecule has 0 aliphatic rings. The van der Waals surface area contributed by atoms with E-state index in [-0.39, 0.29) is 0 Å². The van der Waals surface area contributed by atoms with Crippen LogP contribution in [0.4, 0.5) is 5.69 Å². The minimum Gasteiger partial charge on any atom is -0.494 e. The third kappa shape index (κ3) is 3.96. The number of nitrogens with two attached hydrogens (primary N) is 1. The molecule has 0 aliphatic heterocycles. The van der Waals surface area contributed by atoms with Gasteiger partial charge < -0.3 is 10.5 Å². The Morgan fingerprint density at radius 3 is 2.80 bits per heavy atom. The van der Waals surface area contributed by atoms with E-state index in [1.54, 1.807) is 6.20 Å². The van der Waals surface area contributed by atoms with Crippen LogP contribution < -0.4 is 10.5 Å². The summed E-state index contributed by atoms with van der Waals surface area (Å²) in [5.41, 5.74) is 8.93. The number of anilines is 1. The van der Waals surface area contributed by atoms with Crippen molar-refractivity contribution in [3.8, 4) is 5.75 Å². The Bertz CT molecular complexity index is 543. The summed E-state index contributed by atoms with van der Waals surface area (Å²) in [4.78, 5) is 6.35. The van der Waals surface area contributed by atoms with Crippen LogP contribution in [0.25, 0.3) is 0 Å². The first-order chi connectivity index (χ1) is 9.69. The first-order valence-electron chi connectivity index (χ1n) is 6.77. The summed E-state index contributed by atoms with van der Waals surface area (Å²) in [5, 5.41) is 0. The zero-order valence-electron chi connectivity index (χ0n) is 12.0. The van der Waals surface area contributed by atoms with Crippen LogP contribution >= 0.6 is 0 Å². The van der Waals surface area contributed by atoms with Crippen molar-refractivity contribution in [2.75, 3.05) is 19.4 Å². The topological polar surface area (TPSA) is 51.4 Å². The molecule has 0 fully saturated rings. The standard InChI is InChI=1S/C16H21N3O/c1-3-20-16-7-6-15(17)9-14(16)12-19(2)11-13-5-4-8-18-10-13/h4-10H,3,11-12,17H2,1-2H3. The molecular formula is C16H21N3O. The lowest BCUT2D eigenvalue weighted by Crippen LogP contribution is -2.18. The summed E-state index contributed by atoms with van der Waals surface area (Å²) in [6, 6.07) is 9.81. The summed E-state index contributed by atoms with van der Waals surface area (Å²) in [7, 11) is 2.08. The van der Waals surface area contributed by atoms with Crippen molar-refractivity contribution >= 4 is 5.69 Å². The van der Waals surface area contributed by atoms with Crippen molar-refractivity contribution in [1.29, 1.82) is 0 Å². The Labute approximate surface area is 120 Å². The van der Waals surface area contributed by atoms with E-state index in [0.717, 1.165) is 30.1 Å². The summed E-state index contributed by atoms with van der Waals surface area (Å²) < 4.78 is 5.65. The molecule has 1 aromatic heterocycles. The molecule has 0 spiro atoms. The number of aromatic nitrogens is 1. The van der Waals surface area contributed by atoms with Gasteiger partial charge in [0.25, 0.3) is 0 Å². The molecule has 20 heavy (non-hydrogen) atoms. The monoisotopic (exact) mass is 271 g/mol. The van der Waals surface area contributed by atoms with E-state index < -0.39 is 0 Å². The van der Waals surface area contributed by atoms with Gasteiger partial charge in [-0.05, 0) is 43.8 Å². The van der Waals surface area contributed by atoms with Crippen molar-refractivity contribution in [3.05, 3.63) is 53.9 Å². The van der Waals surface area contributed by atoms with Gasteiger partial charge >= 0.3 is 0 Å². The molecule has 2 rings (SSSR count). The Balaban J connectivity index is 2.06. The van der Waals surface area contributed by atoms with Crippen molar-refractivity contribution in [2.24, 2.45) is 0 Å². The zero-order valence-corrected chi connectivity index (χ0v) is 12.0. The number of benzene rings is 1. The lowest BCUT2D eigenvalue weighted by atomic mass is 10.1. The second kappa shape index (κ2) is 6.91. The minimum atomic E-state index is 0.656. The smallest absolute Gasteiger partial charge is 0.123 e. The Morgan fingerprint density at radius 2 is 2.10 bits per heavy atom. The summed E-state index contributed by atoms with van der Waals surface area (Å²) in [6.07, 6.45) is 3.67. The Morgan fingerprint density at radius 1 is 1.25 bits per heavy atom. The van der Waals surface area contributed by atoms with E-state index >= 15 is 0 Å². The summed E-state index contributed by atoms with van der Waals surface area (Å²) in [5.74, 6) is 0.903. The van der Waals surface area contributed by atoms with E-state index in [1.165, 1.54) is 5.56 Å². The Kier molecular flexibility index (Phi) is 4.96. The van der Waals surface area contributed by atoms with Gasteiger partial charge in [0.1, 0.15) is 5.75 Å². The van der Waals surface area contributed by atoms with Gasteiger partial charge in [0.15, 0.2) is 0 Å². The number of hydrogen-bond acceptors (Lipinski definition) is 4. The van der Waals surface area contributed by atoms with E-state index in [1.807, 2.05) is 37.4 Å². The molecule has 2 aromatic rings. The third-order valence-electron chi connectivity index (χ3n) is 3.00. The Hall–Kier alpha value is -2.07. The van der Waals surface area contributed by atoms with E-state index in [2.05, 4.69) is 23.0 Å². The lowest BCUT2D eigenvalue weighted by molar-refractivity contribution is 0.298. The van der Waals surface area contributed by atoms with Gasteiger partial charge in [-0.25, -0.2) is 0 Å². The maximum absolute atomic E-state index is 5.87. The van der Waals surface area contributed by atoms with Gasteiger partial charge in [0, 0.05) is 36.7 Å². The number of rotatable bonds is 6. The molecule has 4 nitrogen and oxygen atoms in total. The molecule has 0 saturated heterocycles. The number of ether oxygens (including phenoxy) is 1. The quantitative estimate of drug-likeness (QED) is 0.821. The molecule has 1 aromatic carbocycles. The molecule has 0 atom stereocenters. The third-order valence-corrected chi connectivity index (χ3v) is 3.00. The molecular weight excluding hydrogens is 250 g/mol. The summed E-state index contributed by atoms with van der Waals surface area (Å²) in [6.45, 7) is 4.27. The van der Waals surface area contributed by atoms with Crippen LogP contribution in [0.2, 0.25) is 0 Å². The predicted octanol–water partition coefficient (Wildman–Crippen LogP) is 2.69. The largest absolute Gasteiger partial charge is 0.494 e. The average Bonchev–Trinajstić information content (AvgIpc) is 2.43. The van der Waals surface area contributed by atoms with Gasteiger partial charge in [0.2, 0.25) is 0 Å². The van der Waals surface area contributed by atoms with E-state index in [9.17, 15) is 0 Å². The van der Waals surface area contributed by atoms with Crippen molar-refractivity contribution < 1.29 is 4.74 Å². The van der Waals surface area contributed by atoms with Crippen molar-refractivity contribution in [3.63, 3.8) is 0 Å². The molecule has 0 saturated carbocycles. The first kappa shape index (κ1) is 14.3. The van der Waals surface area contributed by atoms with Crippen LogP contribution in [0.15, 0.2) is 42.7 Å². The second-order valence-electron chi connectivity index (χ2n) is 4.83. The van der Waals surface area contributed by atoms with Gasteiger partial charge in [-0.3, -0.25) is 9.88 Å². The maximum atomic E-state index is 5.87. The molecule has 2 N–H and O–H groups in total. The van der Waals surface area contributed by atoms with Crippen molar-refractivity contribution in [1.82, 2.24) is 9.88 Å². The highest BCUT2D eigenvalue weighted by atomic mass is 16.5. The second-order valence-corrected chi connectivity index (χ2v) is 4.83. The van der Waals surface area contributed by atoms with Gasteiger partial charge in [0.05, 0.1) is 6.61 Å². The highest BCUT2D eigenvalue weighted by Gasteiger charge is 2.08. The minimum absolute atomic E-state index is 0.656. The maximum Gasteiger partial charge on any atom is 0.123 e. The highest BCUT2D eigenvalue weighted by Crippen LogP contribution is 2.23. The molecule has 0 aliphatic carbocycles.